The van der Waals surface area contributed by atoms with Gasteiger partial charge in [-0.05, 0) is 20.8 Å². The fourth-order valence-electron chi connectivity index (χ4n) is 0. The second kappa shape index (κ2) is 5.36. The monoisotopic (exact) mass is 134 g/mol. The Morgan fingerprint density at radius 2 is 1.50 bits per heavy atom. The summed E-state index contributed by atoms with van der Waals surface area (Å²) in [5.41, 5.74) is 1.38. The molecular formula is C5H10Zn. The van der Waals surface area contributed by atoms with Crippen LogP contribution in [-0.4, -0.2) is 0 Å². The summed E-state index contributed by atoms with van der Waals surface area (Å²) >= 11 is 0. The molecule has 0 rings (SSSR count). The zero-order valence-electron chi connectivity index (χ0n) is 4.78. The Kier molecular flexibility index (Phi) is 8.59. The molecule has 0 spiro atoms. The molecule has 0 bridgehead atoms. The maximum absolute atomic E-state index is 2.08. The third-order valence-corrected chi connectivity index (χ3v) is 0.577. The van der Waals surface area contributed by atoms with Crippen LogP contribution in [0.2, 0.25) is 0 Å². The summed E-state index contributed by atoms with van der Waals surface area (Å²) in [4.78, 5) is 0. The maximum Gasteiger partial charge on any atom is 0 e. The van der Waals surface area contributed by atoms with Crippen molar-refractivity contribution in [2.45, 2.75) is 20.8 Å². The number of hydrogen-bond acceptors (Lipinski definition) is 0. The van der Waals surface area contributed by atoms with Crippen LogP contribution in [0.5, 0.6) is 0 Å². The average Bonchev–Trinajstić information content (AvgIpc) is 1.38. The van der Waals surface area contributed by atoms with Gasteiger partial charge < -0.3 is 0 Å². The minimum absolute atomic E-state index is 0. The first-order chi connectivity index (χ1) is 2.27. The summed E-state index contributed by atoms with van der Waals surface area (Å²) in [7, 11) is 0. The smallest absolute Gasteiger partial charge is 0 e. The van der Waals surface area contributed by atoms with Crippen LogP contribution >= 0.6 is 0 Å². The molecular weight excluding hydrogens is 125 g/mol. The molecule has 0 fully saturated rings. The van der Waals surface area contributed by atoms with Crippen LogP contribution in [0, 0.1) is 0 Å². The maximum atomic E-state index is 2.08. The largest absolute Gasteiger partial charge is 0.0890 e. The minimum Gasteiger partial charge on any atom is -0.0890 e. The van der Waals surface area contributed by atoms with E-state index in [1.165, 1.54) is 5.57 Å². The third kappa shape index (κ3) is 8.84. The van der Waals surface area contributed by atoms with Gasteiger partial charge in [0.2, 0.25) is 0 Å². The minimum atomic E-state index is 0. The molecule has 0 N–H and O–H groups in total. The Morgan fingerprint density at radius 1 is 1.33 bits per heavy atom. The Balaban J connectivity index is 0. The summed E-state index contributed by atoms with van der Waals surface area (Å²) in [5.74, 6) is 0. The van der Waals surface area contributed by atoms with Crippen LogP contribution in [0.3, 0.4) is 0 Å². The van der Waals surface area contributed by atoms with Crippen LogP contribution in [0.15, 0.2) is 11.6 Å². The van der Waals surface area contributed by atoms with E-state index in [-0.39, 0.29) is 19.5 Å². The molecule has 0 aliphatic carbocycles. The van der Waals surface area contributed by atoms with Crippen LogP contribution in [0.4, 0.5) is 0 Å². The molecule has 1 heteroatoms. The van der Waals surface area contributed by atoms with Gasteiger partial charge in [-0.25, -0.2) is 0 Å². The van der Waals surface area contributed by atoms with Gasteiger partial charge in [0.1, 0.15) is 0 Å². The Hall–Kier alpha value is 0.363. The first kappa shape index (κ1) is 9.61. The quantitative estimate of drug-likeness (QED) is 0.352. The van der Waals surface area contributed by atoms with Gasteiger partial charge in [0.05, 0.1) is 0 Å². The van der Waals surface area contributed by atoms with Gasteiger partial charge in [0, 0.05) is 19.5 Å². The van der Waals surface area contributed by atoms with Crippen molar-refractivity contribution in [3.8, 4) is 0 Å². The van der Waals surface area contributed by atoms with Crippen molar-refractivity contribution in [1.82, 2.24) is 0 Å². The zero-order chi connectivity index (χ0) is 4.28. The van der Waals surface area contributed by atoms with Crippen LogP contribution in [0.1, 0.15) is 20.8 Å². The van der Waals surface area contributed by atoms with E-state index in [9.17, 15) is 0 Å². The number of hydrogen-bond donors (Lipinski definition) is 0. The SMILES string of the molecule is CC=C(C)C.[Zn]. The molecule has 0 atom stereocenters. The molecule has 0 aliphatic rings. The molecule has 0 radical (unpaired) electrons. The van der Waals surface area contributed by atoms with Gasteiger partial charge in [-0.1, -0.05) is 11.6 Å². The Labute approximate surface area is 52.4 Å². The number of allylic oxidation sites excluding steroid dienone is 2. The average molecular weight is 136 g/mol. The molecule has 0 heterocycles. The van der Waals surface area contributed by atoms with Crippen molar-refractivity contribution in [3.05, 3.63) is 11.6 Å². The second-order valence-corrected chi connectivity index (χ2v) is 1.37. The normalized spacial score (nSPS) is 5.83. The zero-order valence-corrected chi connectivity index (χ0v) is 7.75. The van der Waals surface area contributed by atoms with Crippen molar-refractivity contribution < 1.29 is 19.5 Å². The van der Waals surface area contributed by atoms with E-state index in [2.05, 4.69) is 19.9 Å². The molecule has 0 saturated heterocycles. The molecule has 0 unspecified atom stereocenters. The van der Waals surface area contributed by atoms with Crippen molar-refractivity contribution in [3.63, 3.8) is 0 Å². The van der Waals surface area contributed by atoms with E-state index in [4.69, 9.17) is 0 Å². The fourth-order valence-corrected chi connectivity index (χ4v) is 0. The number of rotatable bonds is 0. The Bertz CT molecular complexity index is 41.9. The van der Waals surface area contributed by atoms with Gasteiger partial charge in [0.15, 0.2) is 0 Å². The Morgan fingerprint density at radius 3 is 1.50 bits per heavy atom. The van der Waals surface area contributed by atoms with Gasteiger partial charge in [-0.2, -0.15) is 0 Å². The molecule has 0 aliphatic heterocycles. The fraction of sp³-hybridized carbons (Fsp3) is 0.600. The molecule has 0 nitrogen and oxygen atoms in total. The van der Waals surface area contributed by atoms with Gasteiger partial charge >= 0.3 is 0 Å². The van der Waals surface area contributed by atoms with Crippen LogP contribution < -0.4 is 0 Å². The predicted octanol–water partition coefficient (Wildman–Crippen LogP) is 1.97. The molecule has 6 heavy (non-hydrogen) atoms. The first-order valence-electron chi connectivity index (χ1n) is 1.87. The van der Waals surface area contributed by atoms with Crippen molar-refractivity contribution in [1.29, 1.82) is 0 Å². The third-order valence-electron chi connectivity index (χ3n) is 0.577. The second-order valence-electron chi connectivity index (χ2n) is 1.37. The summed E-state index contributed by atoms with van der Waals surface area (Å²) in [6.07, 6.45) is 2.08. The van der Waals surface area contributed by atoms with Gasteiger partial charge in [0.25, 0.3) is 0 Å². The van der Waals surface area contributed by atoms with E-state index in [0.717, 1.165) is 0 Å². The molecule has 0 aromatic carbocycles. The van der Waals surface area contributed by atoms with Crippen LogP contribution in [-0.2, 0) is 19.5 Å². The van der Waals surface area contributed by atoms with E-state index in [0.29, 0.717) is 0 Å². The molecule has 0 saturated carbocycles. The summed E-state index contributed by atoms with van der Waals surface area (Å²) in [6, 6.07) is 0. The molecule has 32 valence electrons. The van der Waals surface area contributed by atoms with Gasteiger partial charge in [-0.15, -0.1) is 0 Å². The van der Waals surface area contributed by atoms with Gasteiger partial charge in [-0.3, -0.25) is 0 Å². The topological polar surface area (TPSA) is 0 Å². The van der Waals surface area contributed by atoms with E-state index < -0.39 is 0 Å². The van der Waals surface area contributed by atoms with E-state index in [1.54, 1.807) is 0 Å². The molecule has 0 amide bonds. The van der Waals surface area contributed by atoms with Crippen molar-refractivity contribution in [2.75, 3.05) is 0 Å². The standard InChI is InChI=1S/C5H10.Zn/c1-4-5(2)3;/h4H,1-3H3;. The van der Waals surface area contributed by atoms with Crippen molar-refractivity contribution >= 4 is 0 Å². The van der Waals surface area contributed by atoms with Crippen molar-refractivity contribution in [2.24, 2.45) is 0 Å². The summed E-state index contributed by atoms with van der Waals surface area (Å²) < 4.78 is 0. The molecule has 0 aromatic rings. The first-order valence-corrected chi connectivity index (χ1v) is 1.87. The van der Waals surface area contributed by atoms with E-state index >= 15 is 0 Å². The molecule has 0 aromatic heterocycles. The van der Waals surface area contributed by atoms with E-state index in [1.807, 2.05) is 6.92 Å². The summed E-state index contributed by atoms with van der Waals surface area (Å²) in [5, 5.41) is 0. The predicted molar refractivity (Wildman–Crippen MR) is 25.1 cm³/mol. The van der Waals surface area contributed by atoms with Crippen LogP contribution in [0.25, 0.3) is 0 Å². The summed E-state index contributed by atoms with van der Waals surface area (Å²) in [6.45, 7) is 6.20.